The van der Waals surface area contributed by atoms with Crippen LogP contribution in [0.2, 0.25) is 0 Å². The van der Waals surface area contributed by atoms with Crippen LogP contribution >= 0.6 is 0 Å². The predicted molar refractivity (Wildman–Crippen MR) is 107 cm³/mol. The lowest BCUT2D eigenvalue weighted by Gasteiger charge is -2.15. The zero-order valence-electron chi connectivity index (χ0n) is 16.2. The summed E-state index contributed by atoms with van der Waals surface area (Å²) in [5, 5.41) is 2.94. The number of carbonyl (C=O) groups is 1. The van der Waals surface area contributed by atoms with E-state index in [1.807, 2.05) is 18.2 Å². The highest BCUT2D eigenvalue weighted by atomic mass is 16.5. The van der Waals surface area contributed by atoms with E-state index in [0.717, 1.165) is 22.4 Å². The molecule has 2 heterocycles. The maximum Gasteiger partial charge on any atom is 0.255 e. The van der Waals surface area contributed by atoms with Crippen molar-refractivity contribution in [3.8, 4) is 28.4 Å². The number of amides is 1. The monoisotopic (exact) mass is 391 g/mol. The van der Waals surface area contributed by atoms with Crippen LogP contribution in [-0.4, -0.2) is 42.7 Å². The summed E-state index contributed by atoms with van der Waals surface area (Å²) >= 11 is 0. The Morgan fingerprint density at radius 3 is 2.76 bits per heavy atom. The van der Waals surface area contributed by atoms with E-state index in [9.17, 15) is 4.79 Å². The van der Waals surface area contributed by atoms with Crippen molar-refractivity contribution in [2.75, 3.05) is 20.8 Å². The van der Waals surface area contributed by atoms with Crippen LogP contribution in [0.3, 0.4) is 0 Å². The predicted octanol–water partition coefficient (Wildman–Crippen LogP) is 2.89. The number of hydrogen-bond acceptors (Lipinski definition) is 6. The highest BCUT2D eigenvalue weighted by Crippen LogP contribution is 2.38. The Hall–Kier alpha value is -3.61. The quantitative estimate of drug-likeness (QED) is 0.696. The Morgan fingerprint density at radius 2 is 2.00 bits per heavy atom. The summed E-state index contributed by atoms with van der Waals surface area (Å²) in [6, 6.07) is 11.1. The molecule has 0 saturated carbocycles. The average Bonchev–Trinajstić information content (AvgIpc) is 3.20. The number of methoxy groups -OCH3 is 2. The fraction of sp³-hybridized carbons (Fsp3) is 0.227. The Bertz CT molecular complexity index is 1020. The third-order valence-corrected chi connectivity index (χ3v) is 4.84. The lowest BCUT2D eigenvalue weighted by atomic mass is 10.0. The average molecular weight is 391 g/mol. The zero-order chi connectivity index (χ0) is 20.2. The minimum Gasteiger partial charge on any atom is -0.497 e. The number of ether oxygens (including phenoxy) is 3. The number of fused-ring (bicyclic) bond motifs is 1. The van der Waals surface area contributed by atoms with Crippen LogP contribution in [0.15, 0.2) is 55.1 Å². The molecule has 7 heteroatoms. The molecule has 0 spiro atoms. The standard InChI is InChI=1S/C22H21N3O4/c1-27-16-6-7-20(28-2)19(9-16)22(26)25-12-17-8-14-4-3-5-18(21(14)29-17)15-10-23-13-24-11-15/h3-7,9-11,13,17H,8,12H2,1-2H3,(H,25,26)/t17-/m1/s1. The second-order valence-corrected chi connectivity index (χ2v) is 6.64. The molecule has 148 valence electrons. The van der Waals surface area contributed by atoms with Crippen molar-refractivity contribution in [3.63, 3.8) is 0 Å². The highest BCUT2D eigenvalue weighted by molar-refractivity contribution is 5.97. The molecule has 1 atom stereocenters. The first-order valence-corrected chi connectivity index (χ1v) is 9.23. The van der Waals surface area contributed by atoms with Gasteiger partial charge in [-0.25, -0.2) is 9.97 Å². The number of aromatic nitrogens is 2. The first kappa shape index (κ1) is 18.7. The molecule has 0 fully saturated rings. The van der Waals surface area contributed by atoms with Gasteiger partial charge < -0.3 is 19.5 Å². The van der Waals surface area contributed by atoms with Gasteiger partial charge >= 0.3 is 0 Å². The molecule has 29 heavy (non-hydrogen) atoms. The minimum atomic E-state index is -0.239. The SMILES string of the molecule is COc1ccc(OC)c(C(=O)NC[C@H]2Cc3cccc(-c4cncnc4)c3O2)c1. The molecule has 0 radical (unpaired) electrons. The minimum absolute atomic E-state index is 0.156. The number of nitrogens with one attached hydrogen (secondary N) is 1. The summed E-state index contributed by atoms with van der Waals surface area (Å²) in [6.45, 7) is 0.374. The first-order valence-electron chi connectivity index (χ1n) is 9.23. The van der Waals surface area contributed by atoms with Gasteiger partial charge in [-0.15, -0.1) is 0 Å². The van der Waals surface area contributed by atoms with E-state index >= 15 is 0 Å². The second-order valence-electron chi connectivity index (χ2n) is 6.64. The molecule has 1 aromatic heterocycles. The van der Waals surface area contributed by atoms with E-state index in [1.165, 1.54) is 13.4 Å². The molecule has 0 saturated heterocycles. The van der Waals surface area contributed by atoms with E-state index in [0.29, 0.717) is 30.0 Å². The van der Waals surface area contributed by atoms with E-state index in [2.05, 4.69) is 15.3 Å². The van der Waals surface area contributed by atoms with E-state index in [-0.39, 0.29) is 12.0 Å². The molecule has 7 nitrogen and oxygen atoms in total. The fourth-order valence-corrected chi connectivity index (χ4v) is 3.41. The molecule has 2 aromatic carbocycles. The molecule has 4 rings (SSSR count). The normalized spacial score (nSPS) is 14.6. The van der Waals surface area contributed by atoms with Gasteiger partial charge in [0.25, 0.3) is 5.91 Å². The molecule has 1 aliphatic rings. The molecule has 1 aliphatic heterocycles. The van der Waals surface area contributed by atoms with Crippen molar-refractivity contribution in [2.45, 2.75) is 12.5 Å². The lowest BCUT2D eigenvalue weighted by Crippen LogP contribution is -2.34. The van der Waals surface area contributed by atoms with E-state index in [1.54, 1.807) is 37.7 Å². The summed E-state index contributed by atoms with van der Waals surface area (Å²) in [7, 11) is 3.09. The number of hydrogen-bond donors (Lipinski definition) is 1. The summed E-state index contributed by atoms with van der Waals surface area (Å²) in [5.74, 6) is 1.66. The van der Waals surface area contributed by atoms with Crippen LogP contribution < -0.4 is 19.5 Å². The molecule has 3 aromatic rings. The van der Waals surface area contributed by atoms with Gasteiger partial charge in [0.15, 0.2) is 0 Å². The van der Waals surface area contributed by atoms with Crippen molar-refractivity contribution >= 4 is 5.91 Å². The van der Waals surface area contributed by atoms with Gasteiger partial charge in [-0.3, -0.25) is 4.79 Å². The molecular formula is C22H21N3O4. The maximum atomic E-state index is 12.7. The van der Waals surface area contributed by atoms with Crippen molar-refractivity contribution in [1.82, 2.24) is 15.3 Å². The van der Waals surface area contributed by atoms with Gasteiger partial charge in [0.2, 0.25) is 0 Å². The van der Waals surface area contributed by atoms with Crippen LogP contribution in [0.4, 0.5) is 0 Å². The van der Waals surface area contributed by atoms with Crippen molar-refractivity contribution in [1.29, 1.82) is 0 Å². The largest absolute Gasteiger partial charge is 0.497 e. The van der Waals surface area contributed by atoms with Crippen molar-refractivity contribution in [2.24, 2.45) is 0 Å². The smallest absolute Gasteiger partial charge is 0.255 e. The van der Waals surface area contributed by atoms with Gasteiger partial charge in [-0.1, -0.05) is 18.2 Å². The van der Waals surface area contributed by atoms with E-state index in [4.69, 9.17) is 14.2 Å². The number of carbonyl (C=O) groups excluding carboxylic acids is 1. The van der Waals surface area contributed by atoms with Crippen molar-refractivity contribution in [3.05, 3.63) is 66.2 Å². The second kappa shape index (κ2) is 8.18. The third-order valence-electron chi connectivity index (χ3n) is 4.84. The molecular weight excluding hydrogens is 370 g/mol. The third kappa shape index (κ3) is 3.85. The van der Waals surface area contributed by atoms with Crippen LogP contribution in [0.5, 0.6) is 17.2 Å². The lowest BCUT2D eigenvalue weighted by molar-refractivity contribution is 0.0930. The Labute approximate surface area is 168 Å². The van der Waals surface area contributed by atoms with Gasteiger partial charge in [-0.2, -0.15) is 0 Å². The van der Waals surface area contributed by atoms with Gasteiger partial charge in [-0.05, 0) is 23.8 Å². The van der Waals surface area contributed by atoms with Crippen LogP contribution in [0.1, 0.15) is 15.9 Å². The first-order chi connectivity index (χ1) is 14.2. The summed E-state index contributed by atoms with van der Waals surface area (Å²) in [4.78, 5) is 20.9. The molecule has 1 amide bonds. The molecule has 0 bridgehead atoms. The Morgan fingerprint density at radius 1 is 1.17 bits per heavy atom. The topological polar surface area (TPSA) is 82.6 Å². The summed E-state index contributed by atoms with van der Waals surface area (Å²) in [6.07, 6.45) is 5.58. The number of nitrogens with zero attached hydrogens (tertiary/aromatic N) is 2. The Balaban J connectivity index is 1.46. The van der Waals surface area contributed by atoms with Crippen LogP contribution in [0, 0.1) is 0 Å². The number of para-hydroxylation sites is 1. The number of rotatable bonds is 6. The fourth-order valence-electron chi connectivity index (χ4n) is 3.41. The van der Waals surface area contributed by atoms with Gasteiger partial charge in [0.05, 0.1) is 26.3 Å². The zero-order valence-corrected chi connectivity index (χ0v) is 16.2. The van der Waals surface area contributed by atoms with Crippen molar-refractivity contribution < 1.29 is 19.0 Å². The molecule has 0 aliphatic carbocycles. The Kier molecular flexibility index (Phi) is 5.29. The summed E-state index contributed by atoms with van der Waals surface area (Å²) < 4.78 is 16.7. The number of benzene rings is 2. The molecule has 0 unspecified atom stereocenters. The molecule has 1 N–H and O–H groups in total. The summed E-state index contributed by atoms with van der Waals surface area (Å²) in [5.41, 5.74) is 3.37. The van der Waals surface area contributed by atoms with Crippen LogP contribution in [0.25, 0.3) is 11.1 Å². The maximum absolute atomic E-state index is 12.7. The van der Waals surface area contributed by atoms with Gasteiger partial charge in [0.1, 0.15) is 29.7 Å². The van der Waals surface area contributed by atoms with E-state index < -0.39 is 0 Å². The van der Waals surface area contributed by atoms with Crippen LogP contribution in [-0.2, 0) is 6.42 Å². The highest BCUT2D eigenvalue weighted by Gasteiger charge is 2.26. The van der Waals surface area contributed by atoms with Gasteiger partial charge in [0, 0.05) is 29.9 Å².